The second-order valence-corrected chi connectivity index (χ2v) is 10.1. The normalized spacial score (nSPS) is 12.5. The van der Waals surface area contributed by atoms with E-state index in [-0.39, 0.29) is 5.91 Å². The zero-order valence-corrected chi connectivity index (χ0v) is 26.2. The van der Waals surface area contributed by atoms with E-state index in [1.165, 1.54) is 0 Å². The highest BCUT2D eigenvalue weighted by molar-refractivity contribution is 5.90. The van der Waals surface area contributed by atoms with Gasteiger partial charge < -0.3 is 25.0 Å². The van der Waals surface area contributed by atoms with Gasteiger partial charge in [-0.3, -0.25) is 9.89 Å². The van der Waals surface area contributed by atoms with Crippen molar-refractivity contribution in [2.45, 2.75) is 40.5 Å². The number of nitrogens with one attached hydrogen (secondary N) is 3. The molecule has 0 bridgehead atoms. The number of ether oxygens (including phenoxy) is 2. The van der Waals surface area contributed by atoms with Crippen LogP contribution in [0.15, 0.2) is 66.2 Å². The summed E-state index contributed by atoms with van der Waals surface area (Å²) in [6.07, 6.45) is 7.17. The van der Waals surface area contributed by atoms with Crippen LogP contribution in [0.2, 0.25) is 0 Å². The Hall–Kier alpha value is -4.70. The third kappa shape index (κ3) is 10.3. The molecule has 43 heavy (non-hydrogen) atoms. The number of aromatic amines is 1. The highest BCUT2D eigenvalue weighted by atomic mass is 16.5. The van der Waals surface area contributed by atoms with Gasteiger partial charge >= 0.3 is 0 Å². The van der Waals surface area contributed by atoms with Gasteiger partial charge in [-0.25, -0.2) is 9.97 Å². The Kier molecular flexibility index (Phi) is 12.7. The second kappa shape index (κ2) is 16.7. The molecule has 1 amide bonds. The van der Waals surface area contributed by atoms with Gasteiger partial charge in [0.05, 0.1) is 24.2 Å². The number of anilines is 3. The molecule has 2 heterocycles. The first-order chi connectivity index (χ1) is 20.7. The third-order valence-electron chi connectivity index (χ3n) is 6.32. The summed E-state index contributed by atoms with van der Waals surface area (Å²) in [7, 11) is 5.66. The lowest BCUT2D eigenvalue weighted by molar-refractivity contribution is -0.116. The number of allylic oxidation sites excluding steroid dienone is 2. The van der Waals surface area contributed by atoms with Gasteiger partial charge in [0.2, 0.25) is 5.91 Å². The molecule has 0 fully saturated rings. The van der Waals surface area contributed by atoms with E-state index in [1.54, 1.807) is 13.3 Å². The second-order valence-electron chi connectivity index (χ2n) is 10.1. The van der Waals surface area contributed by atoms with Crippen LogP contribution >= 0.6 is 0 Å². The summed E-state index contributed by atoms with van der Waals surface area (Å²) >= 11 is 0. The van der Waals surface area contributed by atoms with Crippen molar-refractivity contribution < 1.29 is 14.3 Å². The molecule has 0 unspecified atom stereocenters. The van der Waals surface area contributed by atoms with Crippen molar-refractivity contribution in [3.05, 3.63) is 82.6 Å². The molecule has 0 aliphatic heterocycles. The smallest absolute Gasteiger partial charge is 0.224 e. The topological polar surface area (TPSA) is 117 Å². The van der Waals surface area contributed by atoms with Crippen LogP contribution in [-0.4, -0.2) is 65.3 Å². The molecule has 228 valence electrons. The zero-order chi connectivity index (χ0) is 31.2. The molecule has 4 rings (SSSR count). The lowest BCUT2D eigenvalue weighted by Gasteiger charge is -2.14. The van der Waals surface area contributed by atoms with E-state index in [2.05, 4.69) is 35.7 Å². The molecule has 0 spiro atoms. The minimum atomic E-state index is 0.0868. The monoisotopic (exact) mass is 585 g/mol. The summed E-state index contributed by atoms with van der Waals surface area (Å²) in [5.74, 6) is 2.80. The first kappa shape index (κ1) is 32.8. The number of carbonyl (C=O) groups is 1. The van der Waals surface area contributed by atoms with Crippen LogP contribution in [0.5, 0.6) is 0 Å². The molecule has 2 aromatic carbocycles. The molecule has 0 aliphatic carbocycles. The Bertz CT molecular complexity index is 1630. The Morgan fingerprint density at radius 3 is 2.53 bits per heavy atom. The molecule has 0 aliphatic rings. The van der Waals surface area contributed by atoms with Gasteiger partial charge in [0.15, 0.2) is 5.76 Å². The number of H-pyrrole nitrogens is 1. The molecule has 3 N–H and O–H groups in total. The van der Waals surface area contributed by atoms with Gasteiger partial charge in [0.1, 0.15) is 24.0 Å². The summed E-state index contributed by atoms with van der Waals surface area (Å²) in [4.78, 5) is 22.4. The fourth-order valence-corrected chi connectivity index (χ4v) is 4.00. The van der Waals surface area contributed by atoms with E-state index in [0.29, 0.717) is 36.2 Å². The van der Waals surface area contributed by atoms with Gasteiger partial charge in [0, 0.05) is 34.9 Å². The highest BCUT2D eigenvalue weighted by Gasteiger charge is 2.09. The minimum absolute atomic E-state index is 0.0868. The molecule has 2 aromatic heterocycles. The Balaban J connectivity index is 0.000000353. The average molecular weight is 586 g/mol. The van der Waals surface area contributed by atoms with Crippen LogP contribution in [0, 0.1) is 6.92 Å². The highest BCUT2D eigenvalue weighted by Crippen LogP contribution is 2.19. The summed E-state index contributed by atoms with van der Waals surface area (Å²) in [6, 6.07) is 15.5. The maximum atomic E-state index is 11.1. The van der Waals surface area contributed by atoms with E-state index >= 15 is 0 Å². The SMILES string of the molecule is C/C=c1/nc(C)nc(Nc2ccc3[nH]ncc3c2)/c1=C/C(OCCN(C)C)=C(\C)OC.CCCC(=O)Nc1ccccc1. The summed E-state index contributed by atoms with van der Waals surface area (Å²) in [5.41, 5.74) is 2.76. The molecule has 0 atom stereocenters. The number of hydrogen-bond donors (Lipinski definition) is 3. The average Bonchev–Trinajstić information content (AvgIpc) is 3.46. The van der Waals surface area contributed by atoms with Crippen LogP contribution in [0.1, 0.15) is 39.4 Å². The van der Waals surface area contributed by atoms with Crippen molar-refractivity contribution in [3.63, 3.8) is 0 Å². The van der Waals surface area contributed by atoms with Gasteiger partial charge in [-0.15, -0.1) is 0 Å². The van der Waals surface area contributed by atoms with Crippen molar-refractivity contribution in [1.29, 1.82) is 0 Å². The molecular weight excluding hydrogens is 542 g/mol. The van der Waals surface area contributed by atoms with Crippen LogP contribution in [0.4, 0.5) is 17.2 Å². The fraction of sp³-hybridized carbons (Fsp3) is 0.333. The van der Waals surface area contributed by atoms with Crippen molar-refractivity contribution in [2.24, 2.45) is 0 Å². The predicted octanol–water partition coefficient (Wildman–Crippen LogP) is 4.87. The Labute approximate surface area is 253 Å². The van der Waals surface area contributed by atoms with E-state index in [9.17, 15) is 4.79 Å². The van der Waals surface area contributed by atoms with Gasteiger partial charge in [-0.1, -0.05) is 31.2 Å². The van der Waals surface area contributed by atoms with Crippen molar-refractivity contribution >= 4 is 46.2 Å². The minimum Gasteiger partial charge on any atom is -0.498 e. The Morgan fingerprint density at radius 2 is 1.86 bits per heavy atom. The van der Waals surface area contributed by atoms with Crippen LogP contribution in [0.25, 0.3) is 23.1 Å². The van der Waals surface area contributed by atoms with Crippen LogP contribution in [0.3, 0.4) is 0 Å². The van der Waals surface area contributed by atoms with E-state index < -0.39 is 0 Å². The predicted molar refractivity (Wildman–Crippen MR) is 174 cm³/mol. The number of methoxy groups -OCH3 is 1. The number of aryl methyl sites for hydroxylation is 1. The van der Waals surface area contributed by atoms with E-state index in [1.807, 2.05) is 102 Å². The number of aromatic nitrogens is 4. The number of para-hydroxylation sites is 1. The van der Waals surface area contributed by atoms with E-state index in [4.69, 9.17) is 9.47 Å². The van der Waals surface area contributed by atoms with Crippen LogP contribution < -0.4 is 21.2 Å². The Morgan fingerprint density at radius 1 is 1.09 bits per heavy atom. The lowest BCUT2D eigenvalue weighted by atomic mass is 10.2. The number of hydrogen-bond acceptors (Lipinski definition) is 8. The van der Waals surface area contributed by atoms with Crippen LogP contribution in [-0.2, 0) is 14.3 Å². The summed E-state index contributed by atoms with van der Waals surface area (Å²) in [5, 5.41) is 16.0. The number of carbonyl (C=O) groups excluding carboxylic acids is 1. The van der Waals surface area contributed by atoms with Crippen molar-refractivity contribution in [2.75, 3.05) is 45.0 Å². The standard InChI is InChI=1S/C23H30N6O2.C10H13NO/c1-7-20-19(13-22(15(2)30-6)31-11-10-29(4)5)23(26-16(3)25-20)27-18-8-9-21-17(12-18)14-24-28-21;1-2-6-10(12)11-9-7-4-3-5-8-9/h7-9,12-14H,10-11H2,1-6H3,(H,24,28)(H,25,26,27);3-5,7-8H,2,6H2,1H3,(H,11,12)/b19-13+,20-7+,22-15-;. The lowest BCUT2D eigenvalue weighted by Crippen LogP contribution is -2.33. The number of benzene rings is 2. The van der Waals surface area contributed by atoms with Gasteiger partial charge in [0.25, 0.3) is 0 Å². The number of nitrogens with zero attached hydrogens (tertiary/aromatic N) is 4. The summed E-state index contributed by atoms with van der Waals surface area (Å²) < 4.78 is 11.5. The fourth-order valence-electron chi connectivity index (χ4n) is 4.00. The number of fused-ring (bicyclic) bond motifs is 1. The number of amides is 1. The van der Waals surface area contributed by atoms with Crippen molar-refractivity contribution in [1.82, 2.24) is 25.1 Å². The molecule has 0 saturated heterocycles. The molecule has 10 nitrogen and oxygen atoms in total. The van der Waals surface area contributed by atoms with Crippen molar-refractivity contribution in [3.8, 4) is 0 Å². The number of rotatable bonds is 11. The largest absolute Gasteiger partial charge is 0.498 e. The van der Waals surface area contributed by atoms with Gasteiger partial charge in [-0.2, -0.15) is 5.10 Å². The number of likely N-dealkylation sites (N-methyl/N-ethyl adjacent to an activating group) is 1. The molecule has 10 heteroatoms. The zero-order valence-electron chi connectivity index (χ0n) is 26.2. The quantitative estimate of drug-likeness (QED) is 0.214. The van der Waals surface area contributed by atoms with E-state index in [0.717, 1.165) is 45.8 Å². The third-order valence-corrected chi connectivity index (χ3v) is 6.32. The molecular formula is C33H43N7O3. The first-order valence-electron chi connectivity index (χ1n) is 14.3. The summed E-state index contributed by atoms with van der Waals surface area (Å²) in [6.45, 7) is 9.04. The maximum Gasteiger partial charge on any atom is 0.224 e. The van der Waals surface area contributed by atoms with Gasteiger partial charge in [-0.05, 0) is 77.7 Å². The first-order valence-corrected chi connectivity index (χ1v) is 14.3. The maximum absolute atomic E-state index is 11.1. The molecule has 4 aromatic rings. The molecule has 0 radical (unpaired) electrons. The molecule has 0 saturated carbocycles.